The SMILES string of the molecule is CC1CC=CC=C1c1c(-c2ccc(N(c3ccc(-c4cc(-c5ccccc5)cc(-c5ccccc5)c4)cc3)c3ccc(-c4ccccc4)cc3-c3ccccc3)cc2)ccc2ccccc12. The van der Waals surface area contributed by atoms with Gasteiger partial charge in [0.25, 0.3) is 0 Å². The van der Waals surface area contributed by atoms with E-state index in [4.69, 9.17) is 0 Å². The standard InChI is InChI=1S/C65H49N/c1-46-18-14-16-28-60(46)65-61-29-17-15-27-52(61)34-40-62(65)53-32-38-59(39-33-53)66(64-41-35-54(47-19-6-2-7-20-47)45-63(64)51-25-12-5-13-26-51)58-36-30-50(31-37-58)57-43-55(48-21-8-3-9-22-48)42-56(44-57)49-23-10-4-11-24-49/h2-17,19-46H,18H2,1H3. The first-order valence-corrected chi connectivity index (χ1v) is 23.1. The maximum absolute atomic E-state index is 2.43. The molecule has 10 aromatic carbocycles. The summed E-state index contributed by atoms with van der Waals surface area (Å²) < 4.78 is 0. The minimum Gasteiger partial charge on any atom is -0.310 e. The van der Waals surface area contributed by atoms with Crippen LogP contribution in [0.4, 0.5) is 17.1 Å². The first-order chi connectivity index (χ1) is 32.6. The van der Waals surface area contributed by atoms with E-state index >= 15 is 0 Å². The summed E-state index contributed by atoms with van der Waals surface area (Å²) in [6.07, 6.45) is 7.88. The van der Waals surface area contributed by atoms with E-state index in [0.717, 1.165) is 34.6 Å². The summed E-state index contributed by atoms with van der Waals surface area (Å²) in [7, 11) is 0. The van der Waals surface area contributed by atoms with Gasteiger partial charge >= 0.3 is 0 Å². The molecule has 1 unspecified atom stereocenters. The molecule has 0 spiro atoms. The Labute approximate surface area is 388 Å². The highest BCUT2D eigenvalue weighted by Crippen LogP contribution is 2.45. The Morgan fingerprint density at radius 3 is 1.38 bits per heavy atom. The molecule has 0 heterocycles. The molecule has 0 aromatic heterocycles. The van der Waals surface area contributed by atoms with Crippen molar-refractivity contribution in [3.05, 3.63) is 266 Å². The van der Waals surface area contributed by atoms with Crippen LogP contribution < -0.4 is 4.90 Å². The van der Waals surface area contributed by atoms with Gasteiger partial charge in [0, 0.05) is 16.9 Å². The van der Waals surface area contributed by atoms with Gasteiger partial charge in [0.2, 0.25) is 0 Å². The smallest absolute Gasteiger partial charge is 0.0540 e. The Balaban J connectivity index is 1.06. The molecule has 0 radical (unpaired) electrons. The average molecular weight is 844 g/mol. The number of benzene rings is 10. The Hall–Kier alpha value is -8.26. The molecule has 1 heteroatoms. The quantitative estimate of drug-likeness (QED) is 0.133. The van der Waals surface area contributed by atoms with Crippen LogP contribution in [0.3, 0.4) is 0 Å². The van der Waals surface area contributed by atoms with E-state index in [0.29, 0.717) is 5.92 Å². The second-order valence-corrected chi connectivity index (χ2v) is 17.3. The zero-order chi connectivity index (χ0) is 44.2. The van der Waals surface area contributed by atoms with Gasteiger partial charge in [-0.1, -0.05) is 213 Å². The molecule has 0 bridgehead atoms. The topological polar surface area (TPSA) is 3.24 Å². The van der Waals surface area contributed by atoms with Gasteiger partial charge in [-0.05, 0) is 150 Å². The lowest BCUT2D eigenvalue weighted by Gasteiger charge is -2.29. The van der Waals surface area contributed by atoms with Crippen LogP contribution in [0.1, 0.15) is 18.9 Å². The molecule has 1 aliphatic carbocycles. The third-order valence-electron chi connectivity index (χ3n) is 13.1. The third kappa shape index (κ3) is 8.08. The van der Waals surface area contributed by atoms with E-state index in [1.165, 1.54) is 77.5 Å². The summed E-state index contributed by atoms with van der Waals surface area (Å²) in [6, 6.07) is 88.5. The van der Waals surface area contributed by atoms with E-state index in [9.17, 15) is 0 Å². The number of allylic oxidation sites excluding steroid dienone is 4. The lowest BCUT2D eigenvalue weighted by atomic mass is 9.82. The fourth-order valence-electron chi connectivity index (χ4n) is 9.70. The summed E-state index contributed by atoms with van der Waals surface area (Å²) >= 11 is 0. The fourth-order valence-corrected chi connectivity index (χ4v) is 9.70. The number of hydrogen-bond acceptors (Lipinski definition) is 1. The molecule has 0 N–H and O–H groups in total. The van der Waals surface area contributed by atoms with Crippen LogP contribution in [0.15, 0.2) is 261 Å². The zero-order valence-electron chi connectivity index (χ0n) is 37.1. The second-order valence-electron chi connectivity index (χ2n) is 17.3. The van der Waals surface area contributed by atoms with Crippen molar-refractivity contribution in [3.8, 4) is 66.8 Å². The minimum absolute atomic E-state index is 0.429. The molecule has 0 fully saturated rings. The molecule has 11 rings (SSSR count). The number of fused-ring (bicyclic) bond motifs is 1. The van der Waals surface area contributed by atoms with Gasteiger partial charge in [0.05, 0.1) is 5.69 Å². The molecular weight excluding hydrogens is 795 g/mol. The first-order valence-electron chi connectivity index (χ1n) is 23.1. The number of rotatable bonds is 10. The van der Waals surface area contributed by atoms with Crippen LogP contribution in [0, 0.1) is 5.92 Å². The van der Waals surface area contributed by atoms with Crippen molar-refractivity contribution in [2.45, 2.75) is 13.3 Å². The molecule has 66 heavy (non-hydrogen) atoms. The average Bonchev–Trinajstić information content (AvgIpc) is 3.40. The van der Waals surface area contributed by atoms with Gasteiger partial charge in [-0.2, -0.15) is 0 Å². The second kappa shape index (κ2) is 18.1. The molecule has 1 nitrogen and oxygen atoms in total. The molecule has 1 aliphatic rings. The van der Waals surface area contributed by atoms with Crippen molar-refractivity contribution < 1.29 is 0 Å². The molecule has 10 aromatic rings. The number of nitrogens with zero attached hydrogens (tertiary/aromatic N) is 1. The largest absolute Gasteiger partial charge is 0.310 e. The Morgan fingerprint density at radius 1 is 0.364 bits per heavy atom. The summed E-state index contributed by atoms with van der Waals surface area (Å²) in [5.41, 5.74) is 20.3. The van der Waals surface area contributed by atoms with Crippen molar-refractivity contribution >= 4 is 33.4 Å². The minimum atomic E-state index is 0.429. The van der Waals surface area contributed by atoms with E-state index in [-0.39, 0.29) is 0 Å². The van der Waals surface area contributed by atoms with Gasteiger partial charge < -0.3 is 4.90 Å². The first kappa shape index (κ1) is 40.5. The molecule has 1 atom stereocenters. The predicted octanol–water partition coefficient (Wildman–Crippen LogP) is 18.3. The van der Waals surface area contributed by atoms with Gasteiger partial charge in [0.1, 0.15) is 0 Å². The van der Waals surface area contributed by atoms with Crippen molar-refractivity contribution in [1.82, 2.24) is 0 Å². The van der Waals surface area contributed by atoms with Crippen LogP contribution in [-0.4, -0.2) is 0 Å². The Kier molecular flexibility index (Phi) is 11.1. The monoisotopic (exact) mass is 843 g/mol. The van der Waals surface area contributed by atoms with E-state index in [1.54, 1.807) is 0 Å². The van der Waals surface area contributed by atoms with E-state index in [2.05, 4.69) is 273 Å². The Bertz CT molecular complexity index is 3290. The lowest BCUT2D eigenvalue weighted by Crippen LogP contribution is -2.11. The highest BCUT2D eigenvalue weighted by molar-refractivity contribution is 6.02. The maximum Gasteiger partial charge on any atom is 0.0540 e. The number of hydrogen-bond donors (Lipinski definition) is 0. The zero-order valence-corrected chi connectivity index (χ0v) is 37.1. The van der Waals surface area contributed by atoms with E-state index in [1.807, 2.05) is 0 Å². The van der Waals surface area contributed by atoms with Crippen LogP contribution in [-0.2, 0) is 0 Å². The van der Waals surface area contributed by atoms with Crippen molar-refractivity contribution in [3.63, 3.8) is 0 Å². The molecule has 0 saturated carbocycles. The summed E-state index contributed by atoms with van der Waals surface area (Å²) in [5, 5.41) is 2.56. The summed E-state index contributed by atoms with van der Waals surface area (Å²) in [5.74, 6) is 0.429. The third-order valence-corrected chi connectivity index (χ3v) is 13.1. The van der Waals surface area contributed by atoms with Crippen LogP contribution in [0.2, 0.25) is 0 Å². The van der Waals surface area contributed by atoms with Gasteiger partial charge in [-0.25, -0.2) is 0 Å². The van der Waals surface area contributed by atoms with Gasteiger partial charge in [-0.15, -0.1) is 0 Å². The normalized spacial score (nSPS) is 13.3. The number of anilines is 3. The van der Waals surface area contributed by atoms with Crippen LogP contribution in [0.5, 0.6) is 0 Å². The Morgan fingerprint density at radius 2 is 0.818 bits per heavy atom. The highest BCUT2D eigenvalue weighted by Gasteiger charge is 2.22. The van der Waals surface area contributed by atoms with Crippen molar-refractivity contribution in [2.75, 3.05) is 4.90 Å². The fraction of sp³-hybridized carbons (Fsp3) is 0.0462. The molecule has 314 valence electrons. The highest BCUT2D eigenvalue weighted by atomic mass is 15.1. The summed E-state index contributed by atoms with van der Waals surface area (Å²) in [6.45, 7) is 2.35. The van der Waals surface area contributed by atoms with Crippen molar-refractivity contribution in [1.29, 1.82) is 0 Å². The van der Waals surface area contributed by atoms with Gasteiger partial charge in [0.15, 0.2) is 0 Å². The van der Waals surface area contributed by atoms with Crippen LogP contribution in [0.25, 0.3) is 83.1 Å². The molecule has 0 aliphatic heterocycles. The molecule has 0 saturated heterocycles. The lowest BCUT2D eigenvalue weighted by molar-refractivity contribution is 0.760. The van der Waals surface area contributed by atoms with Gasteiger partial charge in [-0.3, -0.25) is 0 Å². The van der Waals surface area contributed by atoms with Crippen LogP contribution >= 0.6 is 0 Å². The maximum atomic E-state index is 2.43. The van der Waals surface area contributed by atoms with Crippen molar-refractivity contribution in [2.24, 2.45) is 5.92 Å². The summed E-state index contributed by atoms with van der Waals surface area (Å²) in [4.78, 5) is 2.43. The predicted molar refractivity (Wildman–Crippen MR) is 282 cm³/mol. The van der Waals surface area contributed by atoms with E-state index < -0.39 is 0 Å². The molecular formula is C65H49N. The molecule has 0 amide bonds.